The van der Waals surface area contributed by atoms with Crippen molar-refractivity contribution in [3.05, 3.63) is 53.9 Å². The lowest BCUT2D eigenvalue weighted by atomic mass is 10.1. The second-order valence-electron chi connectivity index (χ2n) is 9.27. The molecule has 1 saturated heterocycles. The van der Waals surface area contributed by atoms with E-state index in [-0.39, 0.29) is 5.91 Å². The van der Waals surface area contributed by atoms with Crippen molar-refractivity contribution in [1.29, 1.82) is 0 Å². The Morgan fingerprint density at radius 2 is 1.94 bits per heavy atom. The molecule has 0 radical (unpaired) electrons. The molecule has 8 nitrogen and oxygen atoms in total. The molecule has 35 heavy (non-hydrogen) atoms. The topological polar surface area (TPSA) is 82.7 Å². The first-order valence-corrected chi connectivity index (χ1v) is 12.5. The first-order valence-electron chi connectivity index (χ1n) is 12.5. The average molecular weight is 480 g/mol. The van der Waals surface area contributed by atoms with Crippen molar-refractivity contribution in [1.82, 2.24) is 14.9 Å². The van der Waals surface area contributed by atoms with Gasteiger partial charge in [0.15, 0.2) is 5.82 Å². The predicted octanol–water partition coefficient (Wildman–Crippen LogP) is 3.94. The van der Waals surface area contributed by atoms with E-state index in [1.807, 2.05) is 23.2 Å². The van der Waals surface area contributed by atoms with Crippen molar-refractivity contribution in [3.63, 3.8) is 0 Å². The Morgan fingerprint density at radius 3 is 2.71 bits per heavy atom. The van der Waals surface area contributed by atoms with Crippen molar-refractivity contribution in [2.75, 3.05) is 63.3 Å². The molecule has 3 heterocycles. The van der Waals surface area contributed by atoms with E-state index < -0.39 is 0 Å². The van der Waals surface area contributed by atoms with Crippen molar-refractivity contribution in [2.45, 2.75) is 32.7 Å². The molecule has 4 rings (SSSR count). The molecule has 1 aromatic carbocycles. The van der Waals surface area contributed by atoms with Gasteiger partial charge in [0.2, 0.25) is 0 Å². The molecule has 188 valence electrons. The number of aryl methyl sites for hydroxylation is 1. The number of benzene rings is 1. The molecule has 0 spiro atoms. The molecular formula is C27H37N5O3. The molecular weight excluding hydrogens is 442 g/mol. The van der Waals surface area contributed by atoms with Gasteiger partial charge in [-0.2, -0.15) is 0 Å². The first-order chi connectivity index (χ1) is 17.0. The van der Waals surface area contributed by atoms with Crippen molar-refractivity contribution >= 4 is 28.3 Å². The minimum Gasteiger partial charge on any atom is -0.382 e. The molecule has 0 bridgehead atoms. The van der Waals surface area contributed by atoms with Crippen LogP contribution >= 0.6 is 0 Å². The third-order valence-corrected chi connectivity index (χ3v) is 6.20. The number of aromatic nitrogens is 2. The fourth-order valence-electron chi connectivity index (χ4n) is 4.44. The third-order valence-electron chi connectivity index (χ3n) is 6.20. The minimum atomic E-state index is 0.0514. The van der Waals surface area contributed by atoms with E-state index in [0.29, 0.717) is 38.0 Å². The first kappa shape index (κ1) is 25.0. The van der Waals surface area contributed by atoms with Crippen LogP contribution in [-0.4, -0.2) is 79.9 Å². The van der Waals surface area contributed by atoms with E-state index in [1.54, 1.807) is 7.11 Å². The van der Waals surface area contributed by atoms with Crippen LogP contribution in [0.3, 0.4) is 0 Å². The Labute approximate surface area is 207 Å². The number of rotatable bonds is 11. The molecule has 0 aliphatic carbocycles. The van der Waals surface area contributed by atoms with E-state index >= 15 is 0 Å². The Balaban J connectivity index is 1.33. The number of pyridine rings is 1. The zero-order valence-corrected chi connectivity index (χ0v) is 21.0. The van der Waals surface area contributed by atoms with Gasteiger partial charge in [-0.25, -0.2) is 4.98 Å². The molecule has 2 N–H and O–H groups in total. The second kappa shape index (κ2) is 12.0. The maximum absolute atomic E-state index is 13.2. The fraction of sp³-hybridized carbons (Fsp3) is 0.481. The molecule has 2 aromatic heterocycles. The van der Waals surface area contributed by atoms with Gasteiger partial charge in [0.25, 0.3) is 5.91 Å². The number of carbonyl (C=O) groups excluding carboxylic acids is 1. The number of amides is 1. The predicted molar refractivity (Wildman–Crippen MR) is 140 cm³/mol. The van der Waals surface area contributed by atoms with Gasteiger partial charge in [-0.05, 0) is 62.6 Å². The summed E-state index contributed by atoms with van der Waals surface area (Å²) in [5.74, 6) is 1.01. The van der Waals surface area contributed by atoms with Gasteiger partial charge in [0.05, 0.1) is 18.9 Å². The van der Waals surface area contributed by atoms with Crippen LogP contribution in [0.25, 0.3) is 10.9 Å². The third kappa shape index (κ3) is 6.52. The summed E-state index contributed by atoms with van der Waals surface area (Å²) in [6.45, 7) is 9.06. The lowest BCUT2D eigenvalue weighted by molar-refractivity contribution is 0.0695. The fourth-order valence-corrected chi connectivity index (χ4v) is 4.44. The summed E-state index contributed by atoms with van der Waals surface area (Å²) < 4.78 is 10.5. The maximum Gasteiger partial charge on any atom is 0.270 e. The van der Waals surface area contributed by atoms with Gasteiger partial charge in [-0.15, -0.1) is 0 Å². The molecule has 1 aliphatic rings. The summed E-state index contributed by atoms with van der Waals surface area (Å²) in [5.41, 5.74) is 3.93. The summed E-state index contributed by atoms with van der Waals surface area (Å²) in [6, 6.07) is 12.7. The van der Waals surface area contributed by atoms with Gasteiger partial charge >= 0.3 is 0 Å². The Bertz CT molecular complexity index is 1110. The number of piperazine rings is 1. The van der Waals surface area contributed by atoms with Crippen molar-refractivity contribution in [3.8, 4) is 0 Å². The Hall–Kier alpha value is -3.10. The van der Waals surface area contributed by atoms with Crippen LogP contribution in [0.15, 0.2) is 42.6 Å². The number of aromatic amines is 1. The molecule has 1 fully saturated rings. The SMILES string of the molecule is COCCOCCCc1ccc2[nH]c(C(=O)N3CCN(c4ncccc4NC(C)C)CC3)cc2c1. The standard InChI is InChI=1S/C27H37N5O3/c1-20(2)29-24-7-4-10-28-26(24)31-11-13-32(14-12-31)27(33)25-19-22-18-21(8-9-23(22)30-25)6-5-15-35-17-16-34-3/h4,7-10,18-20,29-30H,5-6,11-17H2,1-3H3. The quantitative estimate of drug-likeness (QED) is 0.406. The van der Waals surface area contributed by atoms with Gasteiger partial charge in [0, 0.05) is 63.0 Å². The van der Waals surface area contributed by atoms with Gasteiger partial charge < -0.3 is 29.6 Å². The minimum absolute atomic E-state index is 0.0514. The molecule has 8 heteroatoms. The summed E-state index contributed by atoms with van der Waals surface area (Å²) in [4.78, 5) is 25.3. The lowest BCUT2D eigenvalue weighted by Gasteiger charge is -2.36. The van der Waals surface area contributed by atoms with Crippen molar-refractivity contribution < 1.29 is 14.3 Å². The van der Waals surface area contributed by atoms with Gasteiger partial charge in [-0.1, -0.05) is 6.07 Å². The monoisotopic (exact) mass is 479 g/mol. The van der Waals surface area contributed by atoms with Crippen LogP contribution in [0.2, 0.25) is 0 Å². The number of nitrogens with one attached hydrogen (secondary N) is 2. The molecule has 0 saturated carbocycles. The number of H-pyrrole nitrogens is 1. The number of carbonyl (C=O) groups is 1. The van der Waals surface area contributed by atoms with E-state index in [4.69, 9.17) is 9.47 Å². The molecule has 0 atom stereocenters. The van der Waals surface area contributed by atoms with Crippen LogP contribution in [0.1, 0.15) is 36.3 Å². The van der Waals surface area contributed by atoms with Gasteiger partial charge in [0.1, 0.15) is 5.69 Å². The highest BCUT2D eigenvalue weighted by molar-refractivity contribution is 5.98. The van der Waals surface area contributed by atoms with Crippen molar-refractivity contribution in [2.24, 2.45) is 0 Å². The Morgan fingerprint density at radius 1 is 1.11 bits per heavy atom. The van der Waals surface area contributed by atoms with Crippen LogP contribution in [0.4, 0.5) is 11.5 Å². The maximum atomic E-state index is 13.2. The number of nitrogens with zero attached hydrogens (tertiary/aromatic N) is 3. The number of methoxy groups -OCH3 is 1. The number of ether oxygens (including phenoxy) is 2. The van der Waals surface area contributed by atoms with E-state index in [9.17, 15) is 4.79 Å². The summed E-state index contributed by atoms with van der Waals surface area (Å²) >= 11 is 0. The van der Waals surface area contributed by atoms with E-state index in [1.165, 1.54) is 5.56 Å². The van der Waals surface area contributed by atoms with E-state index in [2.05, 4.69) is 58.3 Å². The average Bonchev–Trinajstić information content (AvgIpc) is 3.29. The molecule has 3 aromatic rings. The zero-order chi connectivity index (χ0) is 24.6. The number of fused-ring (bicyclic) bond motifs is 1. The summed E-state index contributed by atoms with van der Waals surface area (Å²) in [6.07, 6.45) is 3.73. The number of hydrogen-bond acceptors (Lipinski definition) is 6. The lowest BCUT2D eigenvalue weighted by Crippen LogP contribution is -2.49. The molecule has 1 amide bonds. The van der Waals surface area contributed by atoms with Crippen LogP contribution in [-0.2, 0) is 15.9 Å². The molecule has 0 unspecified atom stereocenters. The smallest absolute Gasteiger partial charge is 0.270 e. The van der Waals surface area contributed by atoms with Crippen LogP contribution < -0.4 is 10.2 Å². The second-order valence-corrected chi connectivity index (χ2v) is 9.27. The number of hydrogen-bond donors (Lipinski definition) is 2. The Kier molecular flexibility index (Phi) is 8.60. The molecule has 1 aliphatic heterocycles. The normalized spacial score (nSPS) is 14.2. The highest BCUT2D eigenvalue weighted by atomic mass is 16.5. The summed E-state index contributed by atoms with van der Waals surface area (Å²) in [5, 5.41) is 4.54. The van der Waals surface area contributed by atoms with E-state index in [0.717, 1.165) is 54.9 Å². The van der Waals surface area contributed by atoms with Crippen LogP contribution in [0, 0.1) is 0 Å². The van der Waals surface area contributed by atoms with Gasteiger partial charge in [-0.3, -0.25) is 4.79 Å². The summed E-state index contributed by atoms with van der Waals surface area (Å²) in [7, 11) is 1.68. The largest absolute Gasteiger partial charge is 0.382 e. The number of anilines is 2. The highest BCUT2D eigenvalue weighted by Crippen LogP contribution is 2.25. The highest BCUT2D eigenvalue weighted by Gasteiger charge is 2.25. The zero-order valence-electron chi connectivity index (χ0n) is 21.0. The van der Waals surface area contributed by atoms with Crippen LogP contribution in [0.5, 0.6) is 0 Å².